The van der Waals surface area contributed by atoms with Crippen molar-refractivity contribution >= 4 is 27.7 Å². The van der Waals surface area contributed by atoms with Crippen molar-refractivity contribution in [1.29, 1.82) is 0 Å². The number of rotatable bonds is 11. The van der Waals surface area contributed by atoms with Crippen molar-refractivity contribution in [2.24, 2.45) is 21.7 Å². The molecule has 234 valence electrons. The summed E-state index contributed by atoms with van der Waals surface area (Å²) in [5.74, 6) is 0.316. The first kappa shape index (κ1) is 39.1. The molecule has 0 aliphatic carbocycles. The summed E-state index contributed by atoms with van der Waals surface area (Å²) >= 11 is 1.60. The van der Waals surface area contributed by atoms with E-state index in [4.69, 9.17) is 25.7 Å². The number of amidine groups is 1. The molecule has 2 rings (SSSR count). The molecule has 0 aliphatic rings. The van der Waals surface area contributed by atoms with Crippen LogP contribution in [0.3, 0.4) is 0 Å². The Balaban J connectivity index is 0.00000186. The van der Waals surface area contributed by atoms with Gasteiger partial charge in [0.05, 0.1) is 5.60 Å². The molecular formula is C31H48AtN5O5. The van der Waals surface area contributed by atoms with Crippen molar-refractivity contribution < 1.29 is 48.5 Å². The second-order valence-corrected chi connectivity index (χ2v) is 12.4. The summed E-state index contributed by atoms with van der Waals surface area (Å²) in [5.41, 5.74) is 13.1. The van der Waals surface area contributed by atoms with E-state index in [-0.39, 0.29) is 24.5 Å². The van der Waals surface area contributed by atoms with Gasteiger partial charge >= 0.3 is 163 Å². The molecule has 2 aromatic carbocycles. The Morgan fingerprint density at radius 1 is 1.02 bits per heavy atom. The van der Waals surface area contributed by atoms with Crippen LogP contribution in [0.15, 0.2) is 52.7 Å². The number of benzene rings is 2. The van der Waals surface area contributed by atoms with Crippen LogP contribution in [0.2, 0.25) is 0 Å². The van der Waals surface area contributed by atoms with Gasteiger partial charge in [-0.1, -0.05) is 13.8 Å². The molecule has 0 saturated heterocycles. The van der Waals surface area contributed by atoms with Gasteiger partial charge in [0.1, 0.15) is 11.9 Å². The molecule has 0 atom stereocenters. The van der Waals surface area contributed by atoms with Gasteiger partial charge in [-0.05, 0) is 41.5 Å². The van der Waals surface area contributed by atoms with Gasteiger partial charge in [0.15, 0.2) is 0 Å². The molecule has 0 heterocycles. The Morgan fingerprint density at radius 2 is 1.62 bits per heavy atom. The summed E-state index contributed by atoms with van der Waals surface area (Å²) in [5, 5.41) is 7.46. The van der Waals surface area contributed by atoms with Crippen molar-refractivity contribution in [2.45, 2.75) is 79.7 Å². The molecule has 0 aliphatic heterocycles. The normalized spacial score (nSPS) is 11.7. The van der Waals surface area contributed by atoms with Gasteiger partial charge in [-0.3, -0.25) is 4.79 Å². The Kier molecular flexibility index (Phi) is 18.7. The van der Waals surface area contributed by atoms with Crippen LogP contribution in [-0.4, -0.2) is 60.7 Å². The Bertz CT molecular complexity index is 1140. The van der Waals surface area contributed by atoms with E-state index < -0.39 is 11.6 Å². The summed E-state index contributed by atoms with van der Waals surface area (Å²) in [7, 11) is 1.71. The number of esters is 1. The van der Waals surface area contributed by atoms with Crippen molar-refractivity contribution in [3.05, 3.63) is 59.2 Å². The smallest absolute Gasteiger partial charge is 0.0594 e. The number of methoxy groups -OCH3 is 1. The molecule has 0 unspecified atom stereocenters. The maximum Gasteiger partial charge on any atom is 0.0594 e. The minimum atomic E-state index is -0.613. The average molecular weight is 781 g/mol. The van der Waals surface area contributed by atoms with E-state index in [0.29, 0.717) is 24.5 Å². The zero-order valence-electron chi connectivity index (χ0n) is 26.4. The zero-order chi connectivity index (χ0) is 32.3. The summed E-state index contributed by atoms with van der Waals surface area (Å²) in [6, 6.07) is 13.4. The molecule has 11 heteroatoms. The van der Waals surface area contributed by atoms with E-state index in [1.807, 2.05) is 65.0 Å². The fraction of sp³-hybridized carbons (Fsp3) is 0.484. The number of nitrogens with two attached hydrogens (primary N) is 2. The van der Waals surface area contributed by atoms with E-state index in [1.165, 1.54) is 3.27 Å². The Morgan fingerprint density at radius 3 is 2.12 bits per heavy atom. The Hall–Kier alpha value is -2.88. The van der Waals surface area contributed by atoms with Crippen LogP contribution in [0.4, 0.5) is 0 Å². The van der Waals surface area contributed by atoms with Crippen LogP contribution >= 0.6 is 0 Å². The SMILES string of the molecule is CC.CC(C)(C)OC(=O)CN(CC=O)Cc1ccc(/C(N)=N/N=C\N)cc1OCc1ccc([At])cc1.COC(C)(C)C. The van der Waals surface area contributed by atoms with E-state index in [0.717, 1.165) is 23.8 Å². The second kappa shape index (κ2) is 20.1. The number of ether oxygens (including phenoxy) is 3. The molecule has 0 radical (unpaired) electrons. The quantitative estimate of drug-likeness (QED) is 0.115. The van der Waals surface area contributed by atoms with Crippen LogP contribution in [0.1, 0.15) is 72.1 Å². The van der Waals surface area contributed by atoms with Gasteiger partial charge in [0.25, 0.3) is 0 Å². The van der Waals surface area contributed by atoms with Crippen LogP contribution < -0.4 is 19.5 Å². The number of carbonyl (C=O) groups is 2. The topological polar surface area (TPSA) is 142 Å². The first-order valence-electron chi connectivity index (χ1n) is 13.7. The summed E-state index contributed by atoms with van der Waals surface area (Å²) < 4.78 is 17.7. The first-order valence-corrected chi connectivity index (χ1v) is 15.1. The number of hydrogen-bond donors (Lipinski definition) is 2. The van der Waals surface area contributed by atoms with Gasteiger partial charge in [-0.2, -0.15) is 0 Å². The fourth-order valence-electron chi connectivity index (χ4n) is 2.96. The van der Waals surface area contributed by atoms with Crippen molar-refractivity contribution in [2.75, 3.05) is 20.2 Å². The number of nitrogens with zero attached hydrogens (tertiary/aromatic N) is 3. The summed E-state index contributed by atoms with van der Waals surface area (Å²) in [6.45, 7) is 16.1. The molecule has 42 heavy (non-hydrogen) atoms. The van der Waals surface area contributed by atoms with Gasteiger partial charge in [0, 0.05) is 7.11 Å². The van der Waals surface area contributed by atoms with Crippen molar-refractivity contribution in [3.8, 4) is 5.75 Å². The Labute approximate surface area is 266 Å². The van der Waals surface area contributed by atoms with E-state index in [1.54, 1.807) is 69.6 Å². The van der Waals surface area contributed by atoms with Crippen LogP contribution in [0, 0.1) is 24.7 Å². The fourth-order valence-corrected chi connectivity index (χ4v) is 3.45. The third kappa shape index (κ3) is 17.8. The molecule has 0 fully saturated rings. The minimum Gasteiger partial charge on any atom is -0.379 e. The number of carbonyl (C=O) groups excluding carboxylic acids is 2. The maximum atomic E-state index is 12.3. The van der Waals surface area contributed by atoms with Gasteiger partial charge in [-0.25, -0.2) is 0 Å². The van der Waals surface area contributed by atoms with E-state index >= 15 is 0 Å². The molecule has 4 N–H and O–H groups in total. The molecule has 0 bridgehead atoms. The van der Waals surface area contributed by atoms with Gasteiger partial charge < -0.3 is 20.0 Å². The maximum absolute atomic E-state index is 12.3. The van der Waals surface area contributed by atoms with Crippen LogP contribution in [0.25, 0.3) is 0 Å². The molecular weight excluding hydrogens is 732 g/mol. The van der Waals surface area contributed by atoms with E-state index in [9.17, 15) is 9.59 Å². The van der Waals surface area contributed by atoms with Crippen molar-refractivity contribution in [3.63, 3.8) is 0 Å². The number of hydrogen-bond acceptors (Lipinski definition) is 8. The molecule has 0 saturated carbocycles. The molecule has 10 nitrogen and oxygen atoms in total. The predicted octanol–water partition coefficient (Wildman–Crippen LogP) is 3.85. The van der Waals surface area contributed by atoms with E-state index in [2.05, 4.69) is 10.2 Å². The van der Waals surface area contributed by atoms with Gasteiger partial charge in [-0.15, -0.1) is 0 Å². The van der Waals surface area contributed by atoms with Crippen molar-refractivity contribution in [1.82, 2.24) is 4.90 Å². The standard InChI is InChI=1S/C24H30AtN5O4.C5H12O.C2H6/c1-24(2,3)34-22(32)14-30(10-11-31)13-19-7-6-18(23(27)29-28-16-26)12-21(19)33-15-17-4-8-20(25)9-5-17;1-5(2,3)6-4;1-2/h4-9,11-12,16H,10,13-15H2,1-3H3,(H2,26,28)(H2,27,29);1-4H3;1-2H3. The molecule has 2 aromatic rings. The van der Waals surface area contributed by atoms with Crippen LogP contribution in [0.5, 0.6) is 5.75 Å². The monoisotopic (exact) mass is 780 g/mol. The number of aldehydes is 1. The molecule has 0 amide bonds. The van der Waals surface area contributed by atoms with Gasteiger partial charge in [0.2, 0.25) is 0 Å². The second-order valence-electron chi connectivity index (χ2n) is 10.7. The van der Waals surface area contributed by atoms with Crippen LogP contribution in [-0.2, 0) is 32.2 Å². The summed E-state index contributed by atoms with van der Waals surface area (Å²) in [4.78, 5) is 25.3. The minimum absolute atomic E-state index is 0.0362. The third-order valence-corrected chi connectivity index (χ3v) is 5.99. The largest absolute Gasteiger partial charge is 0.379 e. The molecule has 0 aromatic heterocycles. The first-order chi connectivity index (χ1) is 19.7. The summed E-state index contributed by atoms with van der Waals surface area (Å²) in [6.07, 6.45) is 1.80. The molecule has 0 spiro atoms. The average Bonchev–Trinajstić information content (AvgIpc) is 2.92. The predicted molar refractivity (Wildman–Crippen MR) is 166 cm³/mol. The zero-order valence-corrected chi connectivity index (χ0v) is 29.4. The third-order valence-electron chi connectivity index (χ3n) is 5.01.